The molecule has 0 bridgehead atoms. The number of aliphatic imine (C=N–C) groups is 1. The van der Waals surface area contributed by atoms with Crippen LogP contribution < -0.4 is 27.4 Å². The fourth-order valence-corrected chi connectivity index (χ4v) is 2.93. The smallest absolute Gasteiger partial charge is 0.219 e. The fraction of sp³-hybridized carbons (Fsp3) is 0.850. The van der Waals surface area contributed by atoms with Gasteiger partial charge in [0.05, 0.1) is 18.9 Å². The molecule has 0 radical (unpaired) electrons. The number of amides is 1. The molecule has 6 N–H and O–H groups in total. The van der Waals surface area contributed by atoms with Crippen molar-refractivity contribution >= 4 is 18.2 Å². The summed E-state index contributed by atoms with van der Waals surface area (Å²) in [5, 5.41) is 16.2. The fourth-order valence-electron chi connectivity index (χ4n) is 2.93. The number of unbranched alkanes of at least 4 members (excludes halogenated alkanes) is 8. The van der Waals surface area contributed by atoms with Crippen molar-refractivity contribution in [2.75, 3.05) is 32.7 Å². The lowest BCUT2D eigenvalue weighted by molar-refractivity contribution is -0.946. The molecule has 1 heterocycles. The first-order valence-electron chi connectivity index (χ1n) is 11.0. The van der Waals surface area contributed by atoms with E-state index in [1.54, 1.807) is 6.34 Å². The molecule has 0 atom stereocenters. The third-order valence-electron chi connectivity index (χ3n) is 4.57. The minimum absolute atomic E-state index is 0.0324. The molecule has 1 aliphatic rings. The van der Waals surface area contributed by atoms with Crippen molar-refractivity contribution in [3.63, 3.8) is 0 Å². The number of quaternary nitrogens is 1. The highest BCUT2D eigenvalue weighted by atomic mass is 16.4. The number of nitrogens with one attached hydrogen (secondary N) is 2. The predicted molar refractivity (Wildman–Crippen MR) is 114 cm³/mol. The maximum absolute atomic E-state index is 11.7. The Hall–Kier alpha value is -1.71. The topological polar surface area (TPSA) is 146 Å². The van der Waals surface area contributed by atoms with Crippen LogP contribution in [0.15, 0.2) is 4.99 Å². The lowest BCUT2D eigenvalue weighted by Crippen LogP contribution is -2.65. The zero-order valence-electron chi connectivity index (χ0n) is 18.2. The molecule has 0 saturated heterocycles. The molecular weight excluding hydrogens is 372 g/mol. The minimum atomic E-state index is -1.28. The van der Waals surface area contributed by atoms with Crippen molar-refractivity contribution in [2.45, 2.75) is 77.6 Å². The molecule has 0 aliphatic carbocycles. The van der Waals surface area contributed by atoms with E-state index in [0.717, 1.165) is 25.9 Å². The highest BCUT2D eigenvalue weighted by Crippen LogP contribution is 2.10. The number of carboxylic acids is 1. The molecule has 0 aromatic heterocycles. The van der Waals surface area contributed by atoms with E-state index in [2.05, 4.69) is 22.5 Å². The summed E-state index contributed by atoms with van der Waals surface area (Å²) in [6.07, 6.45) is 13.9. The van der Waals surface area contributed by atoms with Gasteiger partial charge in [-0.3, -0.25) is 9.79 Å². The van der Waals surface area contributed by atoms with Crippen molar-refractivity contribution in [1.82, 2.24) is 10.6 Å². The zero-order chi connectivity index (χ0) is 21.8. The van der Waals surface area contributed by atoms with E-state index in [0.29, 0.717) is 19.4 Å². The number of carbonyl (C=O) groups is 2. The first-order chi connectivity index (χ1) is 13.9. The summed E-state index contributed by atoms with van der Waals surface area (Å²) in [5.41, 5.74) is 0. The zero-order valence-corrected chi connectivity index (χ0v) is 18.2. The Morgan fingerprint density at radius 2 is 1.69 bits per heavy atom. The molecule has 0 fully saturated rings. The lowest BCUT2D eigenvalue weighted by atomic mass is 10.1. The molecular formula is C20H42N6O3. The third-order valence-corrected chi connectivity index (χ3v) is 4.57. The van der Waals surface area contributed by atoms with Crippen LogP contribution in [0.25, 0.3) is 0 Å². The summed E-state index contributed by atoms with van der Waals surface area (Å²) in [6.45, 7) is 4.50. The molecule has 9 nitrogen and oxygen atoms in total. The molecule has 170 valence electrons. The van der Waals surface area contributed by atoms with Gasteiger partial charge < -0.3 is 20.5 Å². The minimum Gasteiger partial charge on any atom is -0.544 e. The molecule has 9 heteroatoms. The van der Waals surface area contributed by atoms with Gasteiger partial charge in [-0.25, -0.2) is 0 Å². The number of rotatable bonds is 16. The average Bonchev–Trinajstić information content (AvgIpc) is 3.23. The summed E-state index contributed by atoms with van der Waals surface area (Å²) >= 11 is 0. The lowest BCUT2D eigenvalue weighted by Gasteiger charge is -2.26. The quantitative estimate of drug-likeness (QED) is 0.124. The molecule has 29 heavy (non-hydrogen) atoms. The molecule has 0 aromatic rings. The van der Waals surface area contributed by atoms with Crippen molar-refractivity contribution in [3.8, 4) is 0 Å². The molecule has 1 amide bonds. The normalized spacial score (nSPS) is 12.8. The summed E-state index contributed by atoms with van der Waals surface area (Å²) in [5.74, 6) is 9.91. The maximum atomic E-state index is 11.7. The number of carbonyl (C=O) groups excluding carboxylic acids is 2. The van der Waals surface area contributed by atoms with Crippen molar-refractivity contribution in [1.29, 1.82) is 0 Å². The Kier molecular flexibility index (Phi) is 17.2. The first kappa shape index (κ1) is 27.3. The van der Waals surface area contributed by atoms with E-state index < -0.39 is 17.2 Å². The summed E-state index contributed by atoms with van der Waals surface area (Å²) in [4.78, 5) is 26.0. The standard InChI is InChI=1S/C17H36N4O3.C3H6N2/c1-2-3-4-5-6-7-8-9-10-12-16(22)20-13-11-14-21(18,19)15-17(23)24;1-2-5-3-4-1/h2-15,18-19H2,1H3,(H-,20,22,23,24);3H,1-2H2,(H,4,5). The number of nitrogens with zero attached hydrogens (tertiary/aromatic N) is 2. The van der Waals surface area contributed by atoms with E-state index >= 15 is 0 Å². The SMILES string of the molecule is C1=NCCN1.CCCCCCCCCCCC(=O)NCCC[N+](N)(N)CC(=O)[O-]. The molecule has 0 aromatic carbocycles. The number of carboxylic acid groups (broad SMARTS) is 1. The van der Waals surface area contributed by atoms with Crippen LogP contribution in [0, 0.1) is 0 Å². The Bertz CT molecular complexity index is 451. The second kappa shape index (κ2) is 18.3. The predicted octanol–water partition coefficient (Wildman–Crippen LogP) is 0.346. The van der Waals surface area contributed by atoms with Crippen LogP contribution in [0.3, 0.4) is 0 Å². The van der Waals surface area contributed by atoms with Crippen molar-refractivity contribution in [3.05, 3.63) is 0 Å². The maximum Gasteiger partial charge on any atom is 0.219 e. The highest BCUT2D eigenvalue weighted by molar-refractivity contribution is 5.75. The van der Waals surface area contributed by atoms with E-state index in [-0.39, 0.29) is 12.5 Å². The van der Waals surface area contributed by atoms with Crippen molar-refractivity contribution in [2.24, 2.45) is 16.7 Å². The number of nitrogens with two attached hydrogens (primary N) is 2. The van der Waals surface area contributed by atoms with E-state index in [9.17, 15) is 14.7 Å². The van der Waals surface area contributed by atoms with Gasteiger partial charge in [-0.2, -0.15) is 16.4 Å². The number of hydrogen-bond acceptors (Lipinski definition) is 7. The van der Waals surface area contributed by atoms with Crippen LogP contribution in [0.2, 0.25) is 0 Å². The van der Waals surface area contributed by atoms with Crippen LogP contribution in [0.5, 0.6) is 0 Å². The molecule has 0 unspecified atom stereocenters. The Labute approximate surface area is 175 Å². The van der Waals surface area contributed by atoms with Gasteiger partial charge in [-0.1, -0.05) is 58.3 Å². The Morgan fingerprint density at radius 3 is 2.17 bits per heavy atom. The molecule has 1 rings (SSSR count). The second-order valence-corrected chi connectivity index (χ2v) is 7.63. The van der Waals surface area contributed by atoms with E-state index in [4.69, 9.17) is 11.7 Å². The largest absolute Gasteiger partial charge is 0.544 e. The van der Waals surface area contributed by atoms with Crippen LogP contribution in [0.4, 0.5) is 0 Å². The van der Waals surface area contributed by atoms with Gasteiger partial charge in [-0.05, 0) is 6.42 Å². The van der Waals surface area contributed by atoms with Gasteiger partial charge >= 0.3 is 0 Å². The van der Waals surface area contributed by atoms with E-state index in [1.807, 2.05) is 0 Å². The third kappa shape index (κ3) is 20.8. The van der Waals surface area contributed by atoms with Gasteiger partial charge in [-0.15, -0.1) is 0 Å². The van der Waals surface area contributed by atoms with Gasteiger partial charge in [0.25, 0.3) is 0 Å². The van der Waals surface area contributed by atoms with Crippen molar-refractivity contribution < 1.29 is 19.4 Å². The highest BCUT2D eigenvalue weighted by Gasteiger charge is 2.17. The second-order valence-electron chi connectivity index (χ2n) is 7.63. The Morgan fingerprint density at radius 1 is 1.07 bits per heavy atom. The summed E-state index contributed by atoms with van der Waals surface area (Å²) < 4.78 is -0.615. The average molecular weight is 415 g/mol. The van der Waals surface area contributed by atoms with Gasteiger partial charge in [0, 0.05) is 25.9 Å². The molecule has 0 spiro atoms. The van der Waals surface area contributed by atoms with Gasteiger partial charge in [0.1, 0.15) is 6.54 Å². The van der Waals surface area contributed by atoms with Crippen LogP contribution in [0.1, 0.15) is 77.6 Å². The van der Waals surface area contributed by atoms with Gasteiger partial charge in [0.15, 0.2) is 6.54 Å². The number of hydrogen-bond donors (Lipinski definition) is 4. The monoisotopic (exact) mass is 414 g/mol. The summed E-state index contributed by atoms with van der Waals surface area (Å²) in [6, 6.07) is 0. The summed E-state index contributed by atoms with van der Waals surface area (Å²) in [7, 11) is 0. The van der Waals surface area contributed by atoms with Crippen LogP contribution >= 0.6 is 0 Å². The van der Waals surface area contributed by atoms with Gasteiger partial charge in [0.2, 0.25) is 5.91 Å². The van der Waals surface area contributed by atoms with Crippen LogP contribution in [-0.2, 0) is 9.59 Å². The number of aliphatic carboxylic acids is 1. The molecule has 1 aliphatic heterocycles. The first-order valence-corrected chi connectivity index (χ1v) is 11.0. The Balaban J connectivity index is 0.00000135. The molecule has 0 saturated carbocycles. The van der Waals surface area contributed by atoms with E-state index in [1.165, 1.54) is 44.9 Å². The van der Waals surface area contributed by atoms with Crippen LogP contribution in [-0.4, -0.2) is 55.6 Å².